The molecular weight excluding hydrogens is 301 g/mol. The molecule has 0 radical (unpaired) electrons. The number of hydrogen-bond donors (Lipinski definition) is 1. The number of oxime groups is 1. The van der Waals surface area contributed by atoms with Crippen molar-refractivity contribution < 1.29 is 23.5 Å². The van der Waals surface area contributed by atoms with Crippen molar-refractivity contribution in [2.75, 3.05) is 14.2 Å². The van der Waals surface area contributed by atoms with Crippen LogP contribution < -0.4 is 9.47 Å². The molecule has 1 aromatic heterocycles. The highest BCUT2D eigenvalue weighted by molar-refractivity contribution is 5.99. The Kier molecular flexibility index (Phi) is 3.89. The maximum absolute atomic E-state index is 13.9. The van der Waals surface area contributed by atoms with Gasteiger partial charge < -0.3 is 19.1 Å². The summed E-state index contributed by atoms with van der Waals surface area (Å²) in [7, 11) is 2.95. The molecular formula is C17H14FNO4. The van der Waals surface area contributed by atoms with Gasteiger partial charge in [-0.2, -0.15) is 0 Å². The molecule has 118 valence electrons. The Morgan fingerprint density at radius 3 is 2.61 bits per heavy atom. The Balaban J connectivity index is 2.16. The number of furan rings is 1. The summed E-state index contributed by atoms with van der Waals surface area (Å²) >= 11 is 0. The number of halogens is 1. The van der Waals surface area contributed by atoms with E-state index in [1.54, 1.807) is 31.4 Å². The summed E-state index contributed by atoms with van der Waals surface area (Å²) in [6.45, 7) is 0. The summed E-state index contributed by atoms with van der Waals surface area (Å²) in [6, 6.07) is 9.83. The van der Waals surface area contributed by atoms with Crippen LogP contribution in [0.5, 0.6) is 11.5 Å². The van der Waals surface area contributed by atoms with Gasteiger partial charge in [-0.3, -0.25) is 0 Å². The van der Waals surface area contributed by atoms with E-state index in [9.17, 15) is 4.39 Å². The highest BCUT2D eigenvalue weighted by atomic mass is 19.1. The fourth-order valence-electron chi connectivity index (χ4n) is 2.39. The van der Waals surface area contributed by atoms with Gasteiger partial charge in [-0.15, -0.1) is 0 Å². The molecule has 0 saturated heterocycles. The van der Waals surface area contributed by atoms with Crippen molar-refractivity contribution in [3.63, 3.8) is 0 Å². The van der Waals surface area contributed by atoms with E-state index >= 15 is 0 Å². The number of fused-ring (bicyclic) bond motifs is 1. The van der Waals surface area contributed by atoms with Crippen molar-refractivity contribution in [3.05, 3.63) is 47.8 Å². The summed E-state index contributed by atoms with van der Waals surface area (Å²) in [6.07, 6.45) is 1.26. The van der Waals surface area contributed by atoms with Gasteiger partial charge in [0.05, 0.1) is 20.4 Å². The average molecular weight is 315 g/mol. The van der Waals surface area contributed by atoms with Crippen LogP contribution in [0.4, 0.5) is 4.39 Å². The third kappa shape index (κ3) is 2.70. The maximum atomic E-state index is 13.9. The molecule has 0 aliphatic carbocycles. The molecule has 3 aromatic rings. The summed E-state index contributed by atoms with van der Waals surface area (Å²) in [5, 5.41) is 12.6. The quantitative estimate of drug-likeness (QED) is 0.448. The van der Waals surface area contributed by atoms with Crippen LogP contribution in [-0.2, 0) is 0 Å². The number of nitrogens with zero attached hydrogens (tertiary/aromatic N) is 1. The van der Waals surface area contributed by atoms with E-state index in [1.165, 1.54) is 25.5 Å². The van der Waals surface area contributed by atoms with E-state index in [1.807, 2.05) is 0 Å². The zero-order chi connectivity index (χ0) is 16.4. The van der Waals surface area contributed by atoms with Crippen molar-refractivity contribution >= 4 is 17.2 Å². The van der Waals surface area contributed by atoms with Crippen molar-refractivity contribution in [3.8, 4) is 22.8 Å². The lowest BCUT2D eigenvalue weighted by Crippen LogP contribution is -1.87. The molecule has 0 spiro atoms. The molecule has 23 heavy (non-hydrogen) atoms. The first-order chi connectivity index (χ1) is 11.2. The van der Waals surface area contributed by atoms with Crippen LogP contribution in [0.15, 0.2) is 46.0 Å². The van der Waals surface area contributed by atoms with Crippen LogP contribution in [0.2, 0.25) is 0 Å². The van der Waals surface area contributed by atoms with Gasteiger partial charge in [0.1, 0.15) is 17.1 Å². The molecule has 1 heterocycles. The van der Waals surface area contributed by atoms with Crippen LogP contribution in [-0.4, -0.2) is 25.6 Å². The summed E-state index contributed by atoms with van der Waals surface area (Å²) < 4.78 is 29.8. The van der Waals surface area contributed by atoms with Gasteiger partial charge in [0.2, 0.25) is 0 Å². The van der Waals surface area contributed by atoms with Gasteiger partial charge in [0.25, 0.3) is 0 Å². The molecule has 6 heteroatoms. The minimum atomic E-state index is -0.472. The number of ether oxygens (including phenoxy) is 2. The number of rotatable bonds is 4. The minimum Gasteiger partial charge on any atom is -0.497 e. The van der Waals surface area contributed by atoms with Gasteiger partial charge in [-0.25, -0.2) is 4.39 Å². The van der Waals surface area contributed by atoms with E-state index in [2.05, 4.69) is 5.16 Å². The van der Waals surface area contributed by atoms with Crippen molar-refractivity contribution in [1.29, 1.82) is 0 Å². The topological polar surface area (TPSA) is 64.2 Å². The molecule has 3 rings (SSSR count). The highest BCUT2D eigenvalue weighted by Gasteiger charge is 2.13. The molecule has 1 N–H and O–H groups in total. The van der Waals surface area contributed by atoms with Gasteiger partial charge in [-0.05, 0) is 36.4 Å². The van der Waals surface area contributed by atoms with Crippen LogP contribution in [0.25, 0.3) is 22.3 Å². The zero-order valence-electron chi connectivity index (χ0n) is 12.5. The summed E-state index contributed by atoms with van der Waals surface area (Å²) in [4.78, 5) is 0. The molecule has 5 nitrogen and oxygen atoms in total. The summed E-state index contributed by atoms with van der Waals surface area (Å²) in [5.74, 6) is 0.780. The lowest BCUT2D eigenvalue weighted by atomic mass is 10.1. The van der Waals surface area contributed by atoms with Gasteiger partial charge in [0, 0.05) is 16.5 Å². The Morgan fingerprint density at radius 2 is 1.96 bits per heavy atom. The second-order valence-corrected chi connectivity index (χ2v) is 4.84. The predicted octanol–water partition coefficient (Wildman–Crippen LogP) is 4.06. The van der Waals surface area contributed by atoms with Crippen molar-refractivity contribution in [2.24, 2.45) is 5.16 Å². The first-order valence-corrected chi connectivity index (χ1v) is 6.79. The number of methoxy groups -OCH3 is 2. The molecule has 0 amide bonds. The van der Waals surface area contributed by atoms with Crippen molar-refractivity contribution in [2.45, 2.75) is 0 Å². The molecule has 0 unspecified atom stereocenters. The second-order valence-electron chi connectivity index (χ2n) is 4.84. The van der Waals surface area contributed by atoms with Crippen LogP contribution in [0, 0.1) is 5.82 Å². The second kappa shape index (κ2) is 6.00. The standard InChI is InChI=1S/C17H14FNO4/c1-21-13-5-11-8-16(23-17(11)12(6-13)9-19-20)10-3-4-15(22-2)14(18)7-10/h3-9,20H,1-2H3/b19-9+. The molecule has 2 aromatic carbocycles. The van der Waals surface area contributed by atoms with E-state index < -0.39 is 5.82 Å². The molecule has 0 aliphatic rings. The summed E-state index contributed by atoms with van der Waals surface area (Å²) in [5.41, 5.74) is 1.65. The Hall–Kier alpha value is -3.02. The number of hydrogen-bond acceptors (Lipinski definition) is 5. The van der Waals surface area contributed by atoms with E-state index in [0.717, 1.165) is 5.39 Å². The number of benzene rings is 2. The average Bonchev–Trinajstić information content (AvgIpc) is 2.99. The van der Waals surface area contributed by atoms with E-state index in [4.69, 9.17) is 19.1 Å². The Bertz CT molecular complexity index is 886. The van der Waals surface area contributed by atoms with Crippen molar-refractivity contribution in [1.82, 2.24) is 0 Å². The van der Waals surface area contributed by atoms with E-state index in [-0.39, 0.29) is 5.75 Å². The molecule has 0 atom stereocenters. The normalized spacial score (nSPS) is 11.3. The molecule has 0 saturated carbocycles. The smallest absolute Gasteiger partial charge is 0.165 e. The largest absolute Gasteiger partial charge is 0.497 e. The first-order valence-electron chi connectivity index (χ1n) is 6.79. The van der Waals surface area contributed by atoms with Crippen LogP contribution >= 0.6 is 0 Å². The SMILES string of the molecule is COc1cc(/C=N/O)c2oc(-c3ccc(OC)c(F)c3)cc2c1. The Labute approximate surface area is 131 Å². The van der Waals surface area contributed by atoms with Gasteiger partial charge in [-0.1, -0.05) is 5.16 Å². The van der Waals surface area contributed by atoms with Crippen LogP contribution in [0.3, 0.4) is 0 Å². The molecule has 0 bridgehead atoms. The third-order valence-electron chi connectivity index (χ3n) is 3.49. The predicted molar refractivity (Wildman–Crippen MR) is 84.1 cm³/mol. The fraction of sp³-hybridized carbons (Fsp3) is 0.118. The minimum absolute atomic E-state index is 0.166. The highest BCUT2D eigenvalue weighted by Crippen LogP contribution is 2.33. The molecule has 0 aliphatic heterocycles. The monoisotopic (exact) mass is 315 g/mol. The third-order valence-corrected chi connectivity index (χ3v) is 3.49. The first kappa shape index (κ1) is 14.9. The maximum Gasteiger partial charge on any atom is 0.165 e. The fourth-order valence-corrected chi connectivity index (χ4v) is 2.39. The van der Waals surface area contributed by atoms with Gasteiger partial charge >= 0.3 is 0 Å². The lowest BCUT2D eigenvalue weighted by molar-refractivity contribution is 0.322. The lowest BCUT2D eigenvalue weighted by Gasteiger charge is -2.03. The van der Waals surface area contributed by atoms with Crippen LogP contribution in [0.1, 0.15) is 5.56 Å². The van der Waals surface area contributed by atoms with E-state index in [0.29, 0.717) is 28.2 Å². The molecule has 0 fully saturated rings. The Morgan fingerprint density at radius 1 is 1.13 bits per heavy atom. The van der Waals surface area contributed by atoms with Gasteiger partial charge in [0.15, 0.2) is 11.6 Å². The zero-order valence-corrected chi connectivity index (χ0v) is 12.5.